The molecule has 2 aromatic rings. The minimum absolute atomic E-state index is 0.124. The first-order valence-corrected chi connectivity index (χ1v) is 12.4. The number of rotatable bonds is 8. The van der Waals surface area contributed by atoms with Crippen LogP contribution in [0.2, 0.25) is 0 Å². The molecule has 34 heavy (non-hydrogen) atoms. The zero-order valence-corrected chi connectivity index (χ0v) is 19.8. The summed E-state index contributed by atoms with van der Waals surface area (Å²) in [6.45, 7) is 0. The predicted octanol–water partition coefficient (Wildman–Crippen LogP) is -1.51. The highest BCUT2D eigenvalue weighted by Gasteiger charge is 2.54. The average Bonchev–Trinajstić information content (AvgIpc) is 3.40. The molecule has 4 amide bonds. The van der Waals surface area contributed by atoms with E-state index in [1.54, 1.807) is 7.05 Å². The summed E-state index contributed by atoms with van der Waals surface area (Å²) in [5, 5.41) is 27.3. The summed E-state index contributed by atoms with van der Waals surface area (Å²) in [5.41, 5.74) is 11.4. The van der Waals surface area contributed by atoms with Crippen molar-refractivity contribution in [1.82, 2.24) is 40.7 Å². The van der Waals surface area contributed by atoms with Crippen molar-refractivity contribution in [3.63, 3.8) is 0 Å². The number of tetrazole rings is 1. The molecule has 2 aliphatic heterocycles. The fourth-order valence-corrected chi connectivity index (χ4v) is 6.30. The first-order valence-electron chi connectivity index (χ1n) is 9.49. The fourth-order valence-electron chi connectivity index (χ4n) is 3.38. The number of carboxylic acid groups (broad SMARTS) is 1. The maximum atomic E-state index is 12.9. The van der Waals surface area contributed by atoms with Crippen LogP contribution in [0.4, 0.5) is 9.93 Å². The average molecular weight is 527 g/mol. The Kier molecular flexibility index (Phi) is 6.62. The number of fused-ring (bicyclic) bond motifs is 1. The lowest BCUT2D eigenvalue weighted by Crippen LogP contribution is -2.71. The van der Waals surface area contributed by atoms with Crippen molar-refractivity contribution < 1.29 is 24.3 Å². The minimum atomic E-state index is -1.26. The molecule has 18 heteroatoms. The normalized spacial score (nSPS) is 20.4. The molecule has 1 fully saturated rings. The number of nitrogens with one attached hydrogen (secondary N) is 2. The SMILES string of the molecule is Cn1nnnc1SCC1=C(C(=O)O)N2C(=O)C(NC(=O)C(NC(N)=O)c3csc(N)n3)[C@H]2SC1. The van der Waals surface area contributed by atoms with E-state index in [2.05, 4.69) is 31.1 Å². The van der Waals surface area contributed by atoms with Gasteiger partial charge in [-0.05, 0) is 16.0 Å². The molecule has 7 N–H and O–H groups in total. The highest BCUT2D eigenvalue weighted by molar-refractivity contribution is 8.01. The molecule has 4 heterocycles. The van der Waals surface area contributed by atoms with Crippen LogP contribution in [0.1, 0.15) is 11.7 Å². The van der Waals surface area contributed by atoms with Crippen molar-refractivity contribution in [2.75, 3.05) is 17.2 Å². The van der Waals surface area contributed by atoms with E-state index in [0.717, 1.165) is 16.2 Å². The second-order valence-electron chi connectivity index (χ2n) is 7.08. The smallest absolute Gasteiger partial charge is 0.352 e. The molecule has 1 saturated heterocycles. The minimum Gasteiger partial charge on any atom is -0.477 e. The number of nitrogen functional groups attached to an aromatic ring is 1. The fraction of sp³-hybridized carbons (Fsp3) is 0.375. The third kappa shape index (κ3) is 4.50. The van der Waals surface area contributed by atoms with Gasteiger partial charge >= 0.3 is 12.0 Å². The summed E-state index contributed by atoms with van der Waals surface area (Å²) in [4.78, 5) is 54.3. The molecule has 0 saturated carbocycles. The van der Waals surface area contributed by atoms with Crippen molar-refractivity contribution in [3.8, 4) is 0 Å². The summed E-state index contributed by atoms with van der Waals surface area (Å²) >= 11 is 3.63. The number of anilines is 1. The van der Waals surface area contributed by atoms with E-state index in [4.69, 9.17) is 11.5 Å². The third-order valence-electron chi connectivity index (χ3n) is 4.89. The second kappa shape index (κ2) is 9.47. The van der Waals surface area contributed by atoms with E-state index in [0.29, 0.717) is 16.5 Å². The van der Waals surface area contributed by atoms with Crippen molar-refractivity contribution in [3.05, 3.63) is 22.3 Å². The maximum Gasteiger partial charge on any atom is 0.352 e. The maximum absolute atomic E-state index is 12.9. The molecule has 2 unspecified atom stereocenters. The largest absolute Gasteiger partial charge is 0.477 e. The Labute approximate surface area is 203 Å². The molecular formula is C16H18N10O5S3. The number of carboxylic acids is 1. The number of hydrogen-bond donors (Lipinski definition) is 5. The Hall–Kier alpha value is -3.38. The molecule has 0 bridgehead atoms. The van der Waals surface area contributed by atoms with E-state index in [1.807, 2.05) is 0 Å². The van der Waals surface area contributed by atoms with Crippen LogP contribution in [0.5, 0.6) is 0 Å². The van der Waals surface area contributed by atoms with Crippen LogP contribution in [0, 0.1) is 0 Å². The van der Waals surface area contributed by atoms with Crippen molar-refractivity contribution in [1.29, 1.82) is 0 Å². The number of thiazole rings is 1. The molecule has 0 spiro atoms. The quantitative estimate of drug-likeness (QED) is 0.195. The van der Waals surface area contributed by atoms with Gasteiger partial charge in [0.05, 0.1) is 5.69 Å². The number of primary amides is 1. The number of β-lactam (4-membered cyclic amide) rings is 1. The van der Waals surface area contributed by atoms with Gasteiger partial charge in [0.1, 0.15) is 17.1 Å². The predicted molar refractivity (Wildman–Crippen MR) is 121 cm³/mol. The molecular weight excluding hydrogens is 508 g/mol. The van der Waals surface area contributed by atoms with Crippen molar-refractivity contribution in [2.45, 2.75) is 22.6 Å². The Morgan fingerprint density at radius 3 is 2.76 bits per heavy atom. The van der Waals surface area contributed by atoms with Crippen molar-refractivity contribution >= 4 is 63.8 Å². The molecule has 180 valence electrons. The Bertz CT molecular complexity index is 1200. The molecule has 15 nitrogen and oxygen atoms in total. The van der Waals surface area contributed by atoms with E-state index >= 15 is 0 Å². The monoisotopic (exact) mass is 526 g/mol. The van der Waals surface area contributed by atoms with Gasteiger partial charge in [-0.25, -0.2) is 19.3 Å². The second-order valence-corrected chi connectivity index (χ2v) is 10.0. The van der Waals surface area contributed by atoms with Crippen molar-refractivity contribution in [2.24, 2.45) is 12.8 Å². The summed E-state index contributed by atoms with van der Waals surface area (Å²) in [6, 6.07) is -3.21. The number of hydrogen-bond acceptors (Lipinski definition) is 12. The number of urea groups is 1. The summed E-state index contributed by atoms with van der Waals surface area (Å²) in [7, 11) is 1.66. The number of aromatic nitrogens is 5. The Balaban J connectivity index is 1.49. The molecule has 0 aromatic carbocycles. The zero-order valence-electron chi connectivity index (χ0n) is 17.4. The number of carbonyl (C=O) groups is 4. The summed E-state index contributed by atoms with van der Waals surface area (Å²) in [5.74, 6) is -1.96. The lowest BCUT2D eigenvalue weighted by atomic mass is 10.0. The topological polar surface area (TPSA) is 224 Å². The molecule has 2 aromatic heterocycles. The van der Waals surface area contributed by atoms with Gasteiger partial charge in [-0.1, -0.05) is 11.8 Å². The van der Waals surface area contributed by atoms with Crippen LogP contribution in [0.3, 0.4) is 0 Å². The number of carbonyl (C=O) groups excluding carboxylic acids is 3. The van der Waals surface area contributed by atoms with Crippen LogP contribution in [-0.2, 0) is 21.4 Å². The number of nitrogens with two attached hydrogens (primary N) is 2. The number of aryl methyl sites for hydroxylation is 1. The highest BCUT2D eigenvalue weighted by Crippen LogP contribution is 2.41. The summed E-state index contributed by atoms with van der Waals surface area (Å²) in [6.07, 6.45) is 0. The van der Waals surface area contributed by atoms with E-state index in [1.165, 1.54) is 33.6 Å². The van der Waals surface area contributed by atoms with Crippen LogP contribution in [0.25, 0.3) is 0 Å². The zero-order chi connectivity index (χ0) is 24.6. The van der Waals surface area contributed by atoms with Gasteiger partial charge in [-0.15, -0.1) is 28.2 Å². The third-order valence-corrected chi connectivity index (χ3v) is 8.02. The van der Waals surface area contributed by atoms with Gasteiger partial charge in [0.15, 0.2) is 11.2 Å². The van der Waals surface area contributed by atoms with Gasteiger partial charge in [-0.2, -0.15) is 0 Å². The molecule has 0 radical (unpaired) electrons. The van der Waals surface area contributed by atoms with Crippen LogP contribution in [0.15, 0.2) is 21.8 Å². The van der Waals surface area contributed by atoms with Gasteiger partial charge in [0.2, 0.25) is 11.1 Å². The molecule has 2 aliphatic rings. The number of thioether (sulfide) groups is 2. The van der Waals surface area contributed by atoms with E-state index in [9.17, 15) is 24.3 Å². The van der Waals surface area contributed by atoms with Gasteiger partial charge in [0.25, 0.3) is 5.91 Å². The first kappa shape index (κ1) is 23.8. The molecule has 4 rings (SSSR count). The number of aliphatic carboxylic acids is 1. The Morgan fingerprint density at radius 1 is 1.41 bits per heavy atom. The van der Waals surface area contributed by atoms with Crippen LogP contribution < -0.4 is 22.1 Å². The van der Waals surface area contributed by atoms with E-state index in [-0.39, 0.29) is 22.3 Å². The first-order chi connectivity index (χ1) is 16.2. The molecule has 3 atom stereocenters. The highest BCUT2D eigenvalue weighted by atomic mass is 32.2. The lowest BCUT2D eigenvalue weighted by Gasteiger charge is -2.49. The number of amides is 4. The van der Waals surface area contributed by atoms with Crippen LogP contribution >= 0.6 is 34.9 Å². The van der Waals surface area contributed by atoms with E-state index < -0.39 is 41.3 Å². The lowest BCUT2D eigenvalue weighted by molar-refractivity contribution is -0.151. The number of nitrogens with zero attached hydrogens (tertiary/aromatic N) is 6. The van der Waals surface area contributed by atoms with Gasteiger partial charge in [0, 0.05) is 23.9 Å². The Morgan fingerprint density at radius 2 is 2.18 bits per heavy atom. The molecule has 0 aliphatic carbocycles. The standard InChI is InChI=1S/C16H18N10O5S3/c1-25-16(22-23-24-25)34-3-5-2-32-12-8(11(28)26(12)9(5)13(29)30)20-10(27)7(21-14(17)31)6-4-33-15(18)19-6/h4,7-8,12H,2-3H2,1H3,(H2,18,19)(H,20,27)(H,29,30)(H3,17,21,31)/t7?,8?,12-/m1/s1. The summed E-state index contributed by atoms with van der Waals surface area (Å²) < 4.78 is 1.46. The van der Waals surface area contributed by atoms with Crippen LogP contribution in [-0.4, -0.2) is 81.9 Å². The van der Waals surface area contributed by atoms with Gasteiger partial charge < -0.3 is 27.2 Å². The van der Waals surface area contributed by atoms with Gasteiger partial charge in [-0.3, -0.25) is 14.5 Å².